The summed E-state index contributed by atoms with van der Waals surface area (Å²) in [4.78, 5) is 1.45. The smallest absolute Gasteiger partial charge is 0.0374 e. The summed E-state index contributed by atoms with van der Waals surface area (Å²) >= 11 is 1.88. The first kappa shape index (κ1) is 16.4. The van der Waals surface area contributed by atoms with E-state index in [0.717, 1.165) is 0 Å². The Labute approximate surface area is 154 Å². The average Bonchev–Trinajstić information content (AvgIpc) is 3.11. The number of benzene rings is 3. The van der Waals surface area contributed by atoms with Gasteiger partial charge in [0.1, 0.15) is 0 Å². The summed E-state index contributed by atoms with van der Waals surface area (Å²) in [7, 11) is 0. The number of unbranched alkanes of at least 4 members (excludes halogenated alkanes) is 3. The van der Waals surface area contributed by atoms with E-state index < -0.39 is 0 Å². The molecular formula is C24H24S. The molecule has 0 bridgehead atoms. The van der Waals surface area contributed by atoms with Gasteiger partial charge in [0.05, 0.1) is 0 Å². The van der Waals surface area contributed by atoms with Crippen molar-refractivity contribution in [3.05, 3.63) is 71.6 Å². The Morgan fingerprint density at radius 1 is 0.720 bits per heavy atom. The molecule has 126 valence electrons. The molecule has 0 N–H and O–H groups in total. The molecule has 0 radical (unpaired) electrons. The first-order valence-electron chi connectivity index (χ1n) is 9.34. The molecule has 0 saturated carbocycles. The summed E-state index contributed by atoms with van der Waals surface area (Å²) in [5.74, 6) is 0. The highest BCUT2D eigenvalue weighted by atomic mass is 32.1. The zero-order valence-corrected chi connectivity index (χ0v) is 15.6. The van der Waals surface area contributed by atoms with Crippen LogP contribution in [0.2, 0.25) is 0 Å². The van der Waals surface area contributed by atoms with Gasteiger partial charge in [0.25, 0.3) is 0 Å². The number of aryl methyl sites for hydroxylation is 1. The van der Waals surface area contributed by atoms with Gasteiger partial charge < -0.3 is 0 Å². The second kappa shape index (κ2) is 7.41. The van der Waals surface area contributed by atoms with Gasteiger partial charge in [-0.05, 0) is 75.2 Å². The summed E-state index contributed by atoms with van der Waals surface area (Å²) < 4.78 is 0. The lowest BCUT2D eigenvalue weighted by Crippen LogP contribution is -1.87. The number of rotatable bonds is 6. The van der Waals surface area contributed by atoms with E-state index in [-0.39, 0.29) is 0 Å². The Morgan fingerprint density at radius 2 is 1.48 bits per heavy atom. The van der Waals surface area contributed by atoms with Crippen molar-refractivity contribution in [1.29, 1.82) is 0 Å². The topological polar surface area (TPSA) is 0 Å². The highest BCUT2D eigenvalue weighted by molar-refractivity contribution is 7.13. The maximum atomic E-state index is 2.36. The first-order chi connectivity index (χ1) is 12.3. The van der Waals surface area contributed by atoms with Gasteiger partial charge in [0, 0.05) is 4.88 Å². The van der Waals surface area contributed by atoms with E-state index in [0.29, 0.717) is 0 Å². The van der Waals surface area contributed by atoms with Crippen LogP contribution < -0.4 is 0 Å². The van der Waals surface area contributed by atoms with Crippen LogP contribution in [-0.4, -0.2) is 0 Å². The van der Waals surface area contributed by atoms with E-state index in [4.69, 9.17) is 0 Å². The molecule has 0 spiro atoms. The number of hydrogen-bond donors (Lipinski definition) is 0. The van der Waals surface area contributed by atoms with E-state index in [2.05, 4.69) is 73.0 Å². The molecule has 0 fully saturated rings. The van der Waals surface area contributed by atoms with Crippen molar-refractivity contribution in [3.63, 3.8) is 0 Å². The van der Waals surface area contributed by atoms with Crippen LogP contribution in [0.1, 0.15) is 38.2 Å². The second-order valence-corrected chi connectivity index (χ2v) is 7.76. The Bertz CT molecular complexity index is 993. The van der Waals surface area contributed by atoms with Crippen LogP contribution in [-0.2, 0) is 6.42 Å². The lowest BCUT2D eigenvalue weighted by molar-refractivity contribution is 0.668. The van der Waals surface area contributed by atoms with Gasteiger partial charge in [-0.3, -0.25) is 0 Å². The molecule has 25 heavy (non-hydrogen) atoms. The molecule has 0 atom stereocenters. The molecule has 0 saturated heterocycles. The molecule has 4 aromatic rings. The minimum atomic E-state index is 1.20. The minimum absolute atomic E-state index is 1.20. The highest BCUT2D eigenvalue weighted by Crippen LogP contribution is 2.34. The molecule has 0 aliphatic rings. The van der Waals surface area contributed by atoms with Crippen molar-refractivity contribution in [2.75, 3.05) is 0 Å². The molecule has 3 aromatic carbocycles. The fourth-order valence-corrected chi connectivity index (χ4v) is 4.56. The Balaban J connectivity index is 1.68. The molecule has 0 aliphatic carbocycles. The molecule has 1 heteroatoms. The van der Waals surface area contributed by atoms with Crippen LogP contribution in [0.4, 0.5) is 0 Å². The Kier molecular flexibility index (Phi) is 4.85. The predicted molar refractivity (Wildman–Crippen MR) is 113 cm³/mol. The third-order valence-corrected chi connectivity index (χ3v) is 6.02. The highest BCUT2D eigenvalue weighted by Gasteiger charge is 2.08. The number of thiophene rings is 1. The normalized spacial score (nSPS) is 11.4. The zero-order chi connectivity index (χ0) is 17.1. The zero-order valence-electron chi connectivity index (χ0n) is 14.8. The summed E-state index contributed by atoms with van der Waals surface area (Å²) in [5.41, 5.74) is 2.88. The maximum Gasteiger partial charge on any atom is 0.0374 e. The molecule has 1 aromatic heterocycles. The Hall–Kier alpha value is -2.12. The van der Waals surface area contributed by atoms with Gasteiger partial charge in [-0.1, -0.05) is 62.6 Å². The fourth-order valence-electron chi connectivity index (χ4n) is 3.61. The lowest BCUT2D eigenvalue weighted by atomic mass is 9.99. The van der Waals surface area contributed by atoms with Crippen LogP contribution in [0.3, 0.4) is 0 Å². The average molecular weight is 345 g/mol. The third kappa shape index (κ3) is 3.48. The summed E-state index contributed by atoms with van der Waals surface area (Å²) in [6, 6.07) is 22.5. The molecular weight excluding hydrogens is 320 g/mol. The van der Waals surface area contributed by atoms with Crippen molar-refractivity contribution >= 4 is 32.9 Å². The summed E-state index contributed by atoms with van der Waals surface area (Å²) in [5, 5.41) is 7.54. The predicted octanol–water partition coefficient (Wildman–Crippen LogP) is 7.84. The van der Waals surface area contributed by atoms with E-state index >= 15 is 0 Å². The van der Waals surface area contributed by atoms with Gasteiger partial charge in [-0.25, -0.2) is 0 Å². The monoisotopic (exact) mass is 344 g/mol. The maximum absolute atomic E-state index is 2.36. The van der Waals surface area contributed by atoms with Crippen LogP contribution in [0, 0.1) is 0 Å². The van der Waals surface area contributed by atoms with E-state index in [1.165, 1.54) is 69.7 Å². The van der Waals surface area contributed by atoms with Gasteiger partial charge in [-0.2, -0.15) is 0 Å². The van der Waals surface area contributed by atoms with Gasteiger partial charge in [0.2, 0.25) is 0 Å². The van der Waals surface area contributed by atoms with Crippen LogP contribution >= 0.6 is 11.3 Å². The van der Waals surface area contributed by atoms with Crippen molar-refractivity contribution in [2.45, 2.75) is 39.0 Å². The van der Waals surface area contributed by atoms with E-state index in [1.807, 2.05) is 11.3 Å². The number of hydrogen-bond acceptors (Lipinski definition) is 1. The SMILES string of the molecule is CCCCCCc1ccsc1-c1ccc2cc3ccccc3cc2c1. The Morgan fingerprint density at radius 3 is 2.28 bits per heavy atom. The van der Waals surface area contributed by atoms with Crippen molar-refractivity contribution < 1.29 is 0 Å². The van der Waals surface area contributed by atoms with Crippen LogP contribution in [0.5, 0.6) is 0 Å². The molecule has 4 rings (SSSR count). The quantitative estimate of drug-likeness (QED) is 0.247. The van der Waals surface area contributed by atoms with Crippen molar-refractivity contribution in [1.82, 2.24) is 0 Å². The molecule has 1 heterocycles. The van der Waals surface area contributed by atoms with Crippen molar-refractivity contribution in [3.8, 4) is 10.4 Å². The summed E-state index contributed by atoms with van der Waals surface area (Å²) in [6.07, 6.45) is 6.50. The fraction of sp³-hybridized carbons (Fsp3) is 0.250. The summed E-state index contributed by atoms with van der Waals surface area (Å²) in [6.45, 7) is 2.27. The largest absolute Gasteiger partial charge is 0.144 e. The molecule has 0 amide bonds. The van der Waals surface area contributed by atoms with E-state index in [9.17, 15) is 0 Å². The molecule has 0 nitrogen and oxygen atoms in total. The number of fused-ring (bicyclic) bond motifs is 2. The second-order valence-electron chi connectivity index (χ2n) is 6.85. The van der Waals surface area contributed by atoms with E-state index in [1.54, 1.807) is 0 Å². The third-order valence-electron chi connectivity index (χ3n) is 5.01. The minimum Gasteiger partial charge on any atom is -0.144 e. The van der Waals surface area contributed by atoms with Crippen LogP contribution in [0.15, 0.2) is 66.0 Å². The van der Waals surface area contributed by atoms with Crippen molar-refractivity contribution in [2.24, 2.45) is 0 Å². The standard InChI is InChI=1S/C24H24S/c1-2-3-4-5-8-18-13-14-25-24(18)22-12-11-21-15-19-9-6-7-10-20(19)16-23(21)17-22/h6-7,9-17H,2-5,8H2,1H3. The van der Waals surface area contributed by atoms with Gasteiger partial charge in [-0.15, -0.1) is 11.3 Å². The van der Waals surface area contributed by atoms with Gasteiger partial charge >= 0.3 is 0 Å². The first-order valence-corrected chi connectivity index (χ1v) is 10.2. The molecule has 0 unspecified atom stereocenters. The van der Waals surface area contributed by atoms with Gasteiger partial charge in [0.15, 0.2) is 0 Å². The molecule has 0 aliphatic heterocycles. The lowest BCUT2D eigenvalue weighted by Gasteiger charge is -2.07. The van der Waals surface area contributed by atoms with Crippen LogP contribution in [0.25, 0.3) is 32.0 Å².